The van der Waals surface area contributed by atoms with E-state index in [2.05, 4.69) is 31.9 Å². The van der Waals surface area contributed by atoms with E-state index in [0.717, 1.165) is 5.57 Å². The van der Waals surface area contributed by atoms with Crippen molar-refractivity contribution in [3.05, 3.63) is 20.6 Å². The second-order valence-corrected chi connectivity index (χ2v) is 3.89. The zero-order chi connectivity index (χ0) is 10.6. The van der Waals surface area contributed by atoms with Gasteiger partial charge < -0.3 is 0 Å². The van der Waals surface area contributed by atoms with E-state index in [1.807, 2.05) is 26.8 Å². The molecule has 0 aliphatic heterocycles. The summed E-state index contributed by atoms with van der Waals surface area (Å²) in [6.45, 7) is 5.90. The predicted octanol–water partition coefficient (Wildman–Crippen LogP) is 4.01. The molecular formula is C9H12Br2N2. The van der Waals surface area contributed by atoms with Crippen LogP contribution in [0.5, 0.6) is 0 Å². The molecule has 1 aliphatic carbocycles. The molecule has 2 N–H and O–H groups in total. The minimum Gasteiger partial charge on any atom is -0.297 e. The highest BCUT2D eigenvalue weighted by Gasteiger charge is 2.17. The Morgan fingerprint density at radius 1 is 1.08 bits per heavy atom. The molecule has 0 saturated heterocycles. The van der Waals surface area contributed by atoms with Gasteiger partial charge in [0.1, 0.15) is 0 Å². The fraction of sp³-hybridized carbons (Fsp3) is 0.333. The van der Waals surface area contributed by atoms with Gasteiger partial charge in [0, 0.05) is 8.96 Å². The Kier molecular flexibility index (Phi) is 5.40. The molecule has 0 heterocycles. The third-order valence-electron chi connectivity index (χ3n) is 1.40. The zero-order valence-corrected chi connectivity index (χ0v) is 11.0. The Labute approximate surface area is 95.4 Å². The first-order valence-corrected chi connectivity index (χ1v) is 5.54. The van der Waals surface area contributed by atoms with Crippen LogP contribution in [0.1, 0.15) is 20.8 Å². The molecule has 72 valence electrons. The maximum absolute atomic E-state index is 7.46. The number of hydrogen-bond donors (Lipinski definition) is 2. The summed E-state index contributed by atoms with van der Waals surface area (Å²) in [5.41, 5.74) is 1.43. The monoisotopic (exact) mass is 306 g/mol. The van der Waals surface area contributed by atoms with Crippen LogP contribution in [-0.2, 0) is 0 Å². The van der Waals surface area contributed by atoms with Crippen LogP contribution in [0.25, 0.3) is 0 Å². The van der Waals surface area contributed by atoms with Gasteiger partial charge in [-0.1, -0.05) is 13.8 Å². The quantitative estimate of drug-likeness (QED) is 0.635. The predicted molar refractivity (Wildman–Crippen MR) is 65.4 cm³/mol. The van der Waals surface area contributed by atoms with Gasteiger partial charge >= 0.3 is 0 Å². The van der Waals surface area contributed by atoms with E-state index < -0.39 is 0 Å². The molecule has 0 saturated carbocycles. The first-order valence-electron chi connectivity index (χ1n) is 3.96. The molecule has 0 atom stereocenters. The molecule has 0 spiro atoms. The van der Waals surface area contributed by atoms with Gasteiger partial charge in [0.05, 0.1) is 11.4 Å². The molecule has 0 radical (unpaired) electrons. The maximum Gasteiger partial charge on any atom is 0.0945 e. The Morgan fingerprint density at radius 2 is 1.54 bits per heavy atom. The van der Waals surface area contributed by atoms with Gasteiger partial charge in [-0.25, -0.2) is 0 Å². The molecule has 2 nitrogen and oxygen atoms in total. The van der Waals surface area contributed by atoms with Crippen LogP contribution in [0.3, 0.4) is 0 Å². The molecule has 0 aromatic rings. The molecule has 0 aromatic carbocycles. The average Bonchev–Trinajstić information content (AvgIpc) is 2.15. The first kappa shape index (κ1) is 12.8. The van der Waals surface area contributed by atoms with Crippen molar-refractivity contribution >= 4 is 43.3 Å². The van der Waals surface area contributed by atoms with Crippen LogP contribution in [0, 0.1) is 10.8 Å². The van der Waals surface area contributed by atoms with Crippen LogP contribution in [0.15, 0.2) is 20.6 Å². The Bertz CT molecular complexity index is 297. The van der Waals surface area contributed by atoms with E-state index in [4.69, 9.17) is 10.8 Å². The van der Waals surface area contributed by atoms with Gasteiger partial charge in [-0.05, 0) is 50.4 Å². The SMILES string of the molecule is CC.CC1=C(Br)C(=N)C(=N)C(Br)=C1. The molecule has 13 heavy (non-hydrogen) atoms. The summed E-state index contributed by atoms with van der Waals surface area (Å²) < 4.78 is 1.37. The summed E-state index contributed by atoms with van der Waals surface area (Å²) in [4.78, 5) is 0. The van der Waals surface area contributed by atoms with E-state index in [9.17, 15) is 0 Å². The van der Waals surface area contributed by atoms with E-state index >= 15 is 0 Å². The summed E-state index contributed by atoms with van der Waals surface area (Å²) in [5.74, 6) is 0. The maximum atomic E-state index is 7.46. The Hall–Kier alpha value is -0.220. The summed E-state index contributed by atoms with van der Waals surface area (Å²) >= 11 is 6.44. The van der Waals surface area contributed by atoms with Crippen molar-refractivity contribution in [3.8, 4) is 0 Å². The third-order valence-corrected chi connectivity index (χ3v) is 3.05. The molecule has 4 heteroatoms. The smallest absolute Gasteiger partial charge is 0.0945 e. The lowest BCUT2D eigenvalue weighted by molar-refractivity contribution is 1.43. The molecule has 0 aromatic heterocycles. The van der Waals surface area contributed by atoms with Crippen LogP contribution in [0.4, 0.5) is 0 Å². The van der Waals surface area contributed by atoms with Gasteiger partial charge in [-0.3, -0.25) is 10.8 Å². The van der Waals surface area contributed by atoms with Crippen molar-refractivity contribution in [2.24, 2.45) is 0 Å². The van der Waals surface area contributed by atoms with Crippen molar-refractivity contribution in [2.45, 2.75) is 20.8 Å². The average molecular weight is 308 g/mol. The number of hydrogen-bond acceptors (Lipinski definition) is 2. The van der Waals surface area contributed by atoms with Gasteiger partial charge in [0.2, 0.25) is 0 Å². The molecule has 0 fully saturated rings. The second-order valence-electron chi connectivity index (χ2n) is 2.24. The largest absolute Gasteiger partial charge is 0.297 e. The molecule has 0 amide bonds. The number of halogens is 2. The molecule has 0 unspecified atom stereocenters. The van der Waals surface area contributed by atoms with Crippen LogP contribution in [0.2, 0.25) is 0 Å². The molecule has 0 bridgehead atoms. The van der Waals surface area contributed by atoms with E-state index in [1.54, 1.807) is 0 Å². The standard InChI is InChI=1S/C7H6Br2N2.C2H6/c1-3-2-4(8)6(10)7(11)5(3)9;1-2/h2,10-11H,1H3;1-2H3. The summed E-state index contributed by atoms with van der Waals surface area (Å²) in [5, 5.41) is 14.9. The van der Waals surface area contributed by atoms with Crippen LogP contribution in [-0.4, -0.2) is 11.4 Å². The van der Waals surface area contributed by atoms with Crippen molar-refractivity contribution in [1.82, 2.24) is 0 Å². The number of rotatable bonds is 0. The van der Waals surface area contributed by atoms with Crippen LogP contribution < -0.4 is 0 Å². The second kappa shape index (κ2) is 5.50. The fourth-order valence-electron chi connectivity index (χ4n) is 0.752. The topological polar surface area (TPSA) is 47.7 Å². The highest BCUT2D eigenvalue weighted by molar-refractivity contribution is 9.12. The number of allylic oxidation sites excluding steroid dienone is 4. The lowest BCUT2D eigenvalue weighted by Gasteiger charge is -2.12. The van der Waals surface area contributed by atoms with Gasteiger partial charge in [0.15, 0.2) is 0 Å². The minimum atomic E-state index is 0.225. The van der Waals surface area contributed by atoms with Gasteiger partial charge in [-0.15, -0.1) is 0 Å². The lowest BCUT2D eigenvalue weighted by Crippen LogP contribution is -2.16. The molecular weight excluding hydrogens is 296 g/mol. The van der Waals surface area contributed by atoms with Crippen molar-refractivity contribution < 1.29 is 0 Å². The highest BCUT2D eigenvalue weighted by Crippen LogP contribution is 2.25. The lowest BCUT2D eigenvalue weighted by atomic mass is 10.1. The Morgan fingerprint density at radius 3 is 2.00 bits per heavy atom. The summed E-state index contributed by atoms with van der Waals surface area (Å²) in [6.07, 6.45) is 1.82. The fourth-order valence-corrected chi connectivity index (χ4v) is 1.61. The first-order chi connectivity index (χ1) is 6.04. The van der Waals surface area contributed by atoms with Crippen molar-refractivity contribution in [2.75, 3.05) is 0 Å². The molecule has 1 aliphatic rings. The van der Waals surface area contributed by atoms with Crippen molar-refractivity contribution in [1.29, 1.82) is 10.8 Å². The third kappa shape index (κ3) is 2.88. The summed E-state index contributed by atoms with van der Waals surface area (Å²) in [7, 11) is 0. The van der Waals surface area contributed by atoms with Gasteiger partial charge in [-0.2, -0.15) is 0 Å². The summed E-state index contributed by atoms with van der Waals surface area (Å²) in [6, 6.07) is 0. The zero-order valence-electron chi connectivity index (χ0n) is 7.83. The van der Waals surface area contributed by atoms with Crippen LogP contribution >= 0.6 is 31.9 Å². The molecule has 1 rings (SSSR count). The normalized spacial score (nSPS) is 16.5. The van der Waals surface area contributed by atoms with E-state index in [-0.39, 0.29) is 11.4 Å². The minimum absolute atomic E-state index is 0.225. The highest BCUT2D eigenvalue weighted by atomic mass is 79.9. The Balaban J connectivity index is 0.000000671. The van der Waals surface area contributed by atoms with E-state index in [1.165, 1.54) is 0 Å². The van der Waals surface area contributed by atoms with Crippen molar-refractivity contribution in [3.63, 3.8) is 0 Å². The van der Waals surface area contributed by atoms with E-state index in [0.29, 0.717) is 8.96 Å². The number of nitrogens with one attached hydrogen (secondary N) is 2. The van der Waals surface area contributed by atoms with Gasteiger partial charge in [0.25, 0.3) is 0 Å².